The van der Waals surface area contributed by atoms with Crippen LogP contribution in [0.5, 0.6) is 51.7 Å². The fraction of sp³-hybridized carbons (Fsp3) is 0.458. The van der Waals surface area contributed by atoms with Gasteiger partial charge in [0.15, 0.2) is 29.1 Å². The van der Waals surface area contributed by atoms with E-state index in [9.17, 15) is 9.59 Å². The molecule has 0 saturated heterocycles. The molecule has 5 aromatic rings. The first-order chi connectivity index (χ1) is 35.2. The molecular formula is C59H75NO12. The predicted molar refractivity (Wildman–Crippen MR) is 279 cm³/mol. The molecule has 0 unspecified atom stereocenters. The van der Waals surface area contributed by atoms with Crippen molar-refractivity contribution >= 4 is 12.1 Å². The lowest BCUT2D eigenvalue weighted by Crippen LogP contribution is -2.35. The second kappa shape index (κ2) is 28.9. The molecule has 1 heterocycles. The van der Waals surface area contributed by atoms with Gasteiger partial charge in [-0.3, -0.25) is 0 Å². The maximum atomic E-state index is 15.0. The third-order valence-corrected chi connectivity index (χ3v) is 11.8. The van der Waals surface area contributed by atoms with E-state index < -0.39 is 24.3 Å². The van der Waals surface area contributed by atoms with Gasteiger partial charge in [0.25, 0.3) is 0 Å². The van der Waals surface area contributed by atoms with Crippen molar-refractivity contribution in [2.75, 3.05) is 47.1 Å². The van der Waals surface area contributed by atoms with Crippen LogP contribution in [0.4, 0.5) is 4.79 Å². The summed E-state index contributed by atoms with van der Waals surface area (Å²) in [6.45, 7) is 13.1. The molecule has 1 aliphatic heterocycles. The van der Waals surface area contributed by atoms with Crippen molar-refractivity contribution in [2.24, 2.45) is 0 Å². The molecule has 0 aromatic heterocycles. The molecule has 13 heteroatoms. The lowest BCUT2D eigenvalue weighted by atomic mass is 9.93. The zero-order valence-corrected chi connectivity index (χ0v) is 43.5. The number of unbranched alkanes of at least 4 members (excludes halogenated alkanes) is 5. The first-order valence-corrected chi connectivity index (χ1v) is 25.9. The topological polar surface area (TPSA) is 130 Å². The van der Waals surface area contributed by atoms with E-state index in [1.54, 1.807) is 14.1 Å². The minimum absolute atomic E-state index is 0.0525. The van der Waals surface area contributed by atoms with Crippen molar-refractivity contribution in [2.45, 2.75) is 131 Å². The van der Waals surface area contributed by atoms with Gasteiger partial charge in [0.1, 0.15) is 36.6 Å². The van der Waals surface area contributed by atoms with Crippen LogP contribution in [0.2, 0.25) is 0 Å². The van der Waals surface area contributed by atoms with Crippen LogP contribution in [0.15, 0.2) is 97.1 Å². The number of hydrogen-bond donors (Lipinski definition) is 0. The molecule has 2 atom stereocenters. The summed E-state index contributed by atoms with van der Waals surface area (Å²) in [7, 11) is 3.17. The highest BCUT2D eigenvalue weighted by molar-refractivity contribution is 5.92. The Hall–Kier alpha value is -6.76. The number of fused-ring (bicyclic) bond motifs is 1. The summed E-state index contributed by atoms with van der Waals surface area (Å²) in [6, 6.07) is 30.2. The molecule has 0 aliphatic carbocycles. The molecular weight excluding hydrogens is 915 g/mol. The molecule has 0 fully saturated rings. The summed E-state index contributed by atoms with van der Waals surface area (Å²) in [5, 5.41) is 0. The molecule has 388 valence electrons. The summed E-state index contributed by atoms with van der Waals surface area (Å²) < 4.78 is 64.7. The number of carbonyl (C=O) groups excluding carboxylic acids is 2. The molecule has 0 radical (unpaired) electrons. The fourth-order valence-corrected chi connectivity index (χ4v) is 7.64. The summed E-state index contributed by atoms with van der Waals surface area (Å²) in [5.74, 6) is 2.88. The lowest BCUT2D eigenvalue weighted by Gasteiger charge is -2.35. The van der Waals surface area contributed by atoms with Crippen molar-refractivity contribution in [3.63, 3.8) is 0 Å². The van der Waals surface area contributed by atoms with Crippen LogP contribution in [-0.4, -0.2) is 70.2 Å². The number of nitrogens with zero attached hydrogens (tertiary/aromatic N) is 1. The second-order valence-corrected chi connectivity index (χ2v) is 18.1. The van der Waals surface area contributed by atoms with Crippen molar-refractivity contribution in [1.82, 2.24) is 4.90 Å². The van der Waals surface area contributed by atoms with E-state index in [4.69, 9.17) is 47.4 Å². The van der Waals surface area contributed by atoms with Gasteiger partial charge in [-0.05, 0) is 67.5 Å². The zero-order chi connectivity index (χ0) is 51.1. The molecule has 6 rings (SSSR count). The second-order valence-electron chi connectivity index (χ2n) is 18.1. The van der Waals surface area contributed by atoms with Crippen LogP contribution >= 0.6 is 0 Å². The van der Waals surface area contributed by atoms with Gasteiger partial charge in [0, 0.05) is 43.8 Å². The van der Waals surface area contributed by atoms with Gasteiger partial charge in [0.2, 0.25) is 11.5 Å². The Morgan fingerprint density at radius 2 is 1.01 bits per heavy atom. The van der Waals surface area contributed by atoms with Gasteiger partial charge in [-0.2, -0.15) is 0 Å². The van der Waals surface area contributed by atoms with Crippen LogP contribution in [-0.2, 0) is 24.4 Å². The van der Waals surface area contributed by atoms with E-state index in [-0.39, 0.29) is 42.4 Å². The number of rotatable bonds is 30. The summed E-state index contributed by atoms with van der Waals surface area (Å²) in [5.41, 5.74) is 3.37. The van der Waals surface area contributed by atoms with Gasteiger partial charge in [0.05, 0.1) is 38.6 Å². The zero-order valence-electron chi connectivity index (χ0n) is 43.5. The van der Waals surface area contributed by atoms with Gasteiger partial charge in [-0.25, -0.2) is 9.59 Å². The third-order valence-electron chi connectivity index (χ3n) is 11.8. The fourth-order valence-electron chi connectivity index (χ4n) is 7.64. The maximum Gasteiger partial charge on any atom is 0.414 e. The van der Waals surface area contributed by atoms with Crippen molar-refractivity contribution in [3.8, 4) is 51.7 Å². The largest absolute Gasteiger partial charge is 0.493 e. The van der Waals surface area contributed by atoms with Crippen LogP contribution < -0.4 is 42.6 Å². The van der Waals surface area contributed by atoms with Crippen molar-refractivity contribution < 1.29 is 57.0 Å². The van der Waals surface area contributed by atoms with E-state index in [1.807, 2.05) is 91.9 Å². The SMILES string of the molecule is CCCCOc1cc(OCCCC)c2c(c1)O[C@H](c1cc(OCCCC)c(OCc3ccccc3)c(OCCCC)c1)[C@H](OC(=O)c1cc(OCCCC)c(OC(=O)N(C)C)c(OCc3ccccc3)c1)C2. The highest BCUT2D eigenvalue weighted by Gasteiger charge is 2.39. The van der Waals surface area contributed by atoms with E-state index >= 15 is 0 Å². The number of carbonyl (C=O) groups is 2. The highest BCUT2D eigenvalue weighted by atomic mass is 16.6. The van der Waals surface area contributed by atoms with E-state index in [0.29, 0.717) is 73.1 Å². The van der Waals surface area contributed by atoms with Crippen molar-refractivity contribution in [3.05, 3.63) is 125 Å². The Labute approximate surface area is 426 Å². The standard InChI is InChI=1S/C59H75NO12/c1-8-13-28-63-46-37-48(64-29-14-9-2)47-39-54(71-58(61)45-35-52(67-32-17-12-5)57(72-59(62)60(6)7)53(36-45)68-40-42-24-20-18-21-25-42)55(70-49(47)38-46)44-33-50(65-30-15-10-3)56(51(34-44)66-31-16-11-4)69-41-43-26-22-19-23-27-43/h18-27,33-38,54-55H,8-17,28-32,39-41H2,1-7H3/t54-,55-/m1/s1. The average Bonchev–Trinajstić information content (AvgIpc) is 3.39. The summed E-state index contributed by atoms with van der Waals surface area (Å²) in [6.07, 6.45) is 6.49. The molecule has 1 amide bonds. The molecule has 0 bridgehead atoms. The molecule has 72 heavy (non-hydrogen) atoms. The van der Waals surface area contributed by atoms with Gasteiger partial charge >= 0.3 is 12.1 Å². The third kappa shape index (κ3) is 15.9. The Kier molecular flexibility index (Phi) is 21.9. The molecule has 5 aromatic carbocycles. The number of hydrogen-bond acceptors (Lipinski definition) is 12. The number of esters is 1. The summed E-state index contributed by atoms with van der Waals surface area (Å²) >= 11 is 0. The van der Waals surface area contributed by atoms with Crippen LogP contribution in [0.3, 0.4) is 0 Å². The number of amides is 1. The van der Waals surface area contributed by atoms with Gasteiger partial charge in [-0.1, -0.05) is 127 Å². The maximum absolute atomic E-state index is 15.0. The lowest BCUT2D eigenvalue weighted by molar-refractivity contribution is -0.0191. The van der Waals surface area contributed by atoms with Gasteiger partial charge in [-0.15, -0.1) is 0 Å². The van der Waals surface area contributed by atoms with E-state index in [2.05, 4.69) is 27.7 Å². The molecule has 0 N–H and O–H groups in total. The van der Waals surface area contributed by atoms with Crippen LogP contribution in [0.1, 0.15) is 138 Å². The van der Waals surface area contributed by atoms with E-state index in [1.165, 1.54) is 17.0 Å². The smallest absolute Gasteiger partial charge is 0.414 e. The van der Waals surface area contributed by atoms with Crippen LogP contribution in [0.25, 0.3) is 0 Å². The molecule has 0 spiro atoms. The Morgan fingerprint density at radius 3 is 1.53 bits per heavy atom. The Bertz CT molecular complexity index is 2410. The minimum atomic E-state index is -0.919. The number of ether oxygens (including phenoxy) is 10. The summed E-state index contributed by atoms with van der Waals surface area (Å²) in [4.78, 5) is 29.4. The average molecular weight is 990 g/mol. The number of benzene rings is 5. The predicted octanol–water partition coefficient (Wildman–Crippen LogP) is 13.7. The Balaban J connectivity index is 1.48. The first-order valence-electron chi connectivity index (χ1n) is 25.9. The Morgan fingerprint density at radius 1 is 0.542 bits per heavy atom. The monoisotopic (exact) mass is 990 g/mol. The van der Waals surface area contributed by atoms with Gasteiger partial charge < -0.3 is 52.3 Å². The van der Waals surface area contributed by atoms with Crippen LogP contribution in [0, 0.1) is 0 Å². The molecule has 0 saturated carbocycles. The molecule has 1 aliphatic rings. The van der Waals surface area contributed by atoms with E-state index in [0.717, 1.165) is 80.9 Å². The first kappa shape index (κ1) is 54.6. The normalized spacial score (nSPS) is 13.8. The quantitative estimate of drug-likeness (QED) is 0.0321. The molecule has 13 nitrogen and oxygen atoms in total. The minimum Gasteiger partial charge on any atom is -0.493 e. The highest BCUT2D eigenvalue weighted by Crippen LogP contribution is 2.48. The van der Waals surface area contributed by atoms with Crippen molar-refractivity contribution in [1.29, 1.82) is 0 Å².